The molecule has 0 aliphatic carbocycles. The van der Waals surface area contributed by atoms with Gasteiger partial charge in [0, 0.05) is 31.7 Å². The van der Waals surface area contributed by atoms with Gasteiger partial charge in [-0.15, -0.1) is 0 Å². The van der Waals surface area contributed by atoms with Gasteiger partial charge in [-0.3, -0.25) is 4.90 Å². The predicted molar refractivity (Wildman–Crippen MR) is 44.9 cm³/mol. The van der Waals surface area contributed by atoms with Crippen molar-refractivity contribution in [2.24, 2.45) is 0 Å². The van der Waals surface area contributed by atoms with E-state index in [1.807, 2.05) is 6.92 Å². The molecule has 0 aromatic heterocycles. The molecule has 2 heterocycles. The molecule has 0 spiro atoms. The predicted octanol–water partition coefficient (Wildman–Crippen LogP) is 1.21. The number of nitrogens with zero attached hydrogens (tertiary/aromatic N) is 1. The molecule has 0 amide bonds. The topological polar surface area (TPSA) is 12.5 Å². The van der Waals surface area contributed by atoms with Crippen LogP contribution >= 0.6 is 0 Å². The number of ether oxygens (including phenoxy) is 1. The fraction of sp³-hybridized carbons (Fsp3) is 1.00. The Morgan fingerprint density at radius 2 is 2.42 bits per heavy atom. The Morgan fingerprint density at radius 3 is 2.83 bits per heavy atom. The molecule has 0 N–H and O–H groups in total. The average molecular weight is 173 g/mol. The zero-order valence-corrected chi connectivity index (χ0v) is 7.72. The largest absolute Gasteiger partial charge is 0.383 e. The molecule has 3 atom stereocenters. The van der Waals surface area contributed by atoms with Gasteiger partial charge in [-0.25, -0.2) is 4.39 Å². The minimum absolute atomic E-state index is 0.0631. The second-order valence-electron chi connectivity index (χ2n) is 4.06. The van der Waals surface area contributed by atoms with Crippen LogP contribution in [0.4, 0.5) is 4.39 Å². The number of fused-ring (bicyclic) bond motifs is 1. The number of hydrogen-bond acceptors (Lipinski definition) is 2. The van der Waals surface area contributed by atoms with E-state index in [0.29, 0.717) is 13.0 Å². The van der Waals surface area contributed by atoms with Crippen LogP contribution in [0.1, 0.15) is 19.8 Å². The fourth-order valence-electron chi connectivity index (χ4n) is 2.62. The van der Waals surface area contributed by atoms with E-state index < -0.39 is 6.17 Å². The van der Waals surface area contributed by atoms with Gasteiger partial charge in [0.15, 0.2) is 0 Å². The van der Waals surface area contributed by atoms with Crippen LogP contribution in [0.25, 0.3) is 0 Å². The number of methoxy groups -OCH3 is 1. The Labute approximate surface area is 72.7 Å². The van der Waals surface area contributed by atoms with E-state index in [4.69, 9.17) is 4.74 Å². The minimum Gasteiger partial charge on any atom is -0.383 e. The molecular weight excluding hydrogens is 157 g/mol. The molecule has 2 fully saturated rings. The molecule has 12 heavy (non-hydrogen) atoms. The summed E-state index contributed by atoms with van der Waals surface area (Å²) in [4.78, 5) is 2.25. The van der Waals surface area contributed by atoms with Crippen molar-refractivity contribution in [2.75, 3.05) is 20.3 Å². The van der Waals surface area contributed by atoms with Crippen LogP contribution in [0.5, 0.6) is 0 Å². The molecule has 2 saturated heterocycles. The maximum absolute atomic E-state index is 13.3. The van der Waals surface area contributed by atoms with Crippen molar-refractivity contribution in [3.63, 3.8) is 0 Å². The molecule has 0 saturated carbocycles. The van der Waals surface area contributed by atoms with Crippen molar-refractivity contribution in [3.8, 4) is 0 Å². The minimum atomic E-state index is -0.650. The zero-order chi connectivity index (χ0) is 8.77. The maximum Gasteiger partial charge on any atom is 0.117 e. The van der Waals surface area contributed by atoms with Gasteiger partial charge >= 0.3 is 0 Å². The quantitative estimate of drug-likeness (QED) is 0.622. The molecule has 0 aromatic carbocycles. The summed E-state index contributed by atoms with van der Waals surface area (Å²) in [5, 5.41) is 0. The first-order valence-electron chi connectivity index (χ1n) is 4.59. The van der Waals surface area contributed by atoms with Crippen LogP contribution in [0, 0.1) is 0 Å². The SMILES string of the molecule is COC[C@]12CCN1[C@H](C)[C@H](F)C2. The molecule has 0 aromatic rings. The lowest BCUT2D eigenvalue weighted by atomic mass is 9.86. The summed E-state index contributed by atoms with van der Waals surface area (Å²) in [5.74, 6) is 0. The van der Waals surface area contributed by atoms with Gasteiger partial charge < -0.3 is 4.74 Å². The van der Waals surface area contributed by atoms with Crippen molar-refractivity contribution in [1.82, 2.24) is 4.90 Å². The van der Waals surface area contributed by atoms with Crippen molar-refractivity contribution < 1.29 is 9.13 Å². The van der Waals surface area contributed by atoms with Gasteiger partial charge in [0.05, 0.1) is 6.61 Å². The van der Waals surface area contributed by atoms with Crippen molar-refractivity contribution >= 4 is 0 Å². The summed E-state index contributed by atoms with van der Waals surface area (Å²) in [6.45, 7) is 3.71. The molecule has 2 nitrogen and oxygen atoms in total. The Morgan fingerprint density at radius 1 is 1.67 bits per heavy atom. The van der Waals surface area contributed by atoms with Crippen LogP contribution in [-0.4, -0.2) is 42.9 Å². The van der Waals surface area contributed by atoms with Gasteiger partial charge in [-0.05, 0) is 13.3 Å². The van der Waals surface area contributed by atoms with E-state index in [0.717, 1.165) is 13.0 Å². The van der Waals surface area contributed by atoms with E-state index in [2.05, 4.69) is 4.90 Å². The highest BCUT2D eigenvalue weighted by molar-refractivity contribution is 5.10. The number of hydrogen-bond donors (Lipinski definition) is 0. The van der Waals surface area contributed by atoms with Gasteiger partial charge in [0.1, 0.15) is 6.17 Å². The van der Waals surface area contributed by atoms with E-state index in [1.54, 1.807) is 7.11 Å². The van der Waals surface area contributed by atoms with Gasteiger partial charge in [-0.1, -0.05) is 0 Å². The molecule has 0 radical (unpaired) electrons. The highest BCUT2D eigenvalue weighted by Gasteiger charge is 2.55. The molecule has 0 unspecified atom stereocenters. The van der Waals surface area contributed by atoms with Crippen molar-refractivity contribution in [1.29, 1.82) is 0 Å². The second kappa shape index (κ2) is 2.67. The third-order valence-electron chi connectivity index (χ3n) is 3.43. The van der Waals surface area contributed by atoms with Crippen molar-refractivity contribution in [3.05, 3.63) is 0 Å². The third-order valence-corrected chi connectivity index (χ3v) is 3.43. The Kier molecular flexibility index (Phi) is 1.88. The second-order valence-corrected chi connectivity index (χ2v) is 4.06. The summed E-state index contributed by atoms with van der Waals surface area (Å²) >= 11 is 0. The number of halogens is 1. The highest BCUT2D eigenvalue weighted by Crippen LogP contribution is 2.45. The standard InChI is InChI=1S/C9H16FNO/c1-7-8(10)5-9(6-12-2)3-4-11(7)9/h7-8H,3-6H2,1-2H3/t7-,8-,9-/m1/s1. The molecule has 2 rings (SSSR count). The molecule has 2 aliphatic heterocycles. The average Bonchev–Trinajstić information content (AvgIpc) is 2.13. The van der Waals surface area contributed by atoms with E-state index >= 15 is 0 Å². The summed E-state index contributed by atoms with van der Waals surface area (Å²) in [5.41, 5.74) is 0.0631. The lowest BCUT2D eigenvalue weighted by molar-refractivity contribution is -0.0508. The van der Waals surface area contributed by atoms with Crippen LogP contribution in [0.3, 0.4) is 0 Å². The van der Waals surface area contributed by atoms with Crippen molar-refractivity contribution in [2.45, 2.75) is 37.5 Å². The molecule has 70 valence electrons. The fourth-order valence-corrected chi connectivity index (χ4v) is 2.62. The summed E-state index contributed by atoms with van der Waals surface area (Å²) < 4.78 is 18.5. The lowest BCUT2D eigenvalue weighted by Crippen LogP contribution is -2.60. The van der Waals surface area contributed by atoms with E-state index in [9.17, 15) is 4.39 Å². The van der Waals surface area contributed by atoms with E-state index in [-0.39, 0.29) is 11.6 Å². The first-order chi connectivity index (χ1) is 5.69. The molecule has 2 aliphatic rings. The zero-order valence-electron chi connectivity index (χ0n) is 7.72. The third kappa shape index (κ3) is 0.927. The van der Waals surface area contributed by atoms with Crippen LogP contribution in [0.15, 0.2) is 0 Å². The Bertz CT molecular complexity index is 187. The van der Waals surface area contributed by atoms with Crippen LogP contribution < -0.4 is 0 Å². The summed E-state index contributed by atoms with van der Waals surface area (Å²) in [7, 11) is 1.70. The summed E-state index contributed by atoms with van der Waals surface area (Å²) in [6.07, 6.45) is 1.12. The normalized spacial score (nSPS) is 47.2. The van der Waals surface area contributed by atoms with Crippen LogP contribution in [0.2, 0.25) is 0 Å². The van der Waals surface area contributed by atoms with Gasteiger partial charge in [0.25, 0.3) is 0 Å². The van der Waals surface area contributed by atoms with Crippen LogP contribution in [-0.2, 0) is 4.74 Å². The Hall–Kier alpha value is -0.150. The highest BCUT2D eigenvalue weighted by atomic mass is 19.1. The molecule has 3 heteroatoms. The first kappa shape index (κ1) is 8.45. The Balaban J connectivity index is 2.09. The smallest absolute Gasteiger partial charge is 0.117 e. The van der Waals surface area contributed by atoms with Gasteiger partial charge in [0.2, 0.25) is 0 Å². The lowest BCUT2D eigenvalue weighted by Gasteiger charge is -2.49. The molecule has 0 bridgehead atoms. The number of alkyl halides is 1. The maximum atomic E-state index is 13.3. The van der Waals surface area contributed by atoms with E-state index in [1.165, 1.54) is 0 Å². The summed E-state index contributed by atoms with van der Waals surface area (Å²) in [6, 6.07) is 0.105. The molecular formula is C9H16FNO. The number of rotatable bonds is 2. The monoisotopic (exact) mass is 173 g/mol. The first-order valence-corrected chi connectivity index (χ1v) is 4.59. The van der Waals surface area contributed by atoms with Gasteiger partial charge in [-0.2, -0.15) is 0 Å².